The second kappa shape index (κ2) is 10.1. The lowest BCUT2D eigenvalue weighted by atomic mass is 9.86. The predicted molar refractivity (Wildman–Crippen MR) is 131 cm³/mol. The number of carbonyl (C=O) groups excluding carboxylic acids is 2. The van der Waals surface area contributed by atoms with Crippen LogP contribution >= 0.6 is 0 Å². The van der Waals surface area contributed by atoms with Gasteiger partial charge in [-0.25, -0.2) is 4.79 Å². The Bertz CT molecular complexity index is 1030. The van der Waals surface area contributed by atoms with Gasteiger partial charge in [-0.3, -0.25) is 9.69 Å². The van der Waals surface area contributed by atoms with E-state index < -0.39 is 17.7 Å². The van der Waals surface area contributed by atoms with E-state index in [9.17, 15) is 14.7 Å². The molecule has 7 nitrogen and oxygen atoms in total. The Balaban J connectivity index is 1.55. The van der Waals surface area contributed by atoms with Crippen LogP contribution in [0, 0.1) is 6.92 Å². The minimum absolute atomic E-state index is 0.0185. The lowest BCUT2D eigenvalue weighted by Gasteiger charge is -2.23. The molecule has 2 unspecified atom stereocenters. The molecule has 3 amide bonds. The summed E-state index contributed by atoms with van der Waals surface area (Å²) in [6, 6.07) is 13.1. The predicted octanol–water partition coefficient (Wildman–Crippen LogP) is 3.98. The van der Waals surface area contributed by atoms with Crippen molar-refractivity contribution < 1.29 is 24.2 Å². The Morgan fingerprint density at radius 1 is 1.12 bits per heavy atom. The molecule has 0 radical (unpaired) electrons. The zero-order valence-corrected chi connectivity index (χ0v) is 21.0. The molecular formula is C27H36N2O5. The van der Waals surface area contributed by atoms with E-state index in [1.807, 2.05) is 43.3 Å². The maximum atomic E-state index is 13.0. The number of methoxy groups -OCH3 is 1. The van der Waals surface area contributed by atoms with Gasteiger partial charge in [0.2, 0.25) is 0 Å². The van der Waals surface area contributed by atoms with Crippen LogP contribution in [0.5, 0.6) is 11.5 Å². The number of ether oxygens (including phenoxy) is 2. The van der Waals surface area contributed by atoms with Gasteiger partial charge < -0.3 is 19.9 Å². The molecule has 0 spiro atoms. The molecule has 1 aliphatic heterocycles. The number of β-amino-alcohol motifs (C(OH)–C–C–N with tert-alkyl or cyclic N) is 1. The van der Waals surface area contributed by atoms with Crippen LogP contribution in [-0.4, -0.2) is 53.8 Å². The van der Waals surface area contributed by atoms with Crippen LogP contribution in [0.4, 0.5) is 4.79 Å². The van der Waals surface area contributed by atoms with E-state index >= 15 is 0 Å². The number of hydrogen-bond donors (Lipinski definition) is 2. The minimum Gasteiger partial charge on any atom is -0.497 e. The smallest absolute Gasteiger partial charge is 0.325 e. The summed E-state index contributed by atoms with van der Waals surface area (Å²) in [7, 11) is 1.61. The van der Waals surface area contributed by atoms with Gasteiger partial charge in [0.1, 0.15) is 29.7 Å². The molecule has 1 aliphatic rings. The van der Waals surface area contributed by atoms with E-state index in [2.05, 4.69) is 32.2 Å². The molecule has 0 aromatic heterocycles. The van der Waals surface area contributed by atoms with Gasteiger partial charge in [-0.15, -0.1) is 0 Å². The summed E-state index contributed by atoms with van der Waals surface area (Å²) in [5, 5.41) is 13.3. The van der Waals surface area contributed by atoms with Crippen molar-refractivity contribution in [1.82, 2.24) is 10.2 Å². The molecule has 2 aromatic carbocycles. The van der Waals surface area contributed by atoms with Gasteiger partial charge in [-0.2, -0.15) is 0 Å². The third kappa shape index (κ3) is 5.89. The maximum absolute atomic E-state index is 13.0. The highest BCUT2D eigenvalue weighted by Crippen LogP contribution is 2.28. The number of aryl methyl sites for hydroxylation is 2. The van der Waals surface area contributed by atoms with Crippen LogP contribution < -0.4 is 14.8 Å². The average molecular weight is 469 g/mol. The van der Waals surface area contributed by atoms with Crippen molar-refractivity contribution in [3.05, 3.63) is 59.2 Å². The summed E-state index contributed by atoms with van der Waals surface area (Å²) in [6.45, 7) is 9.98. The number of benzene rings is 2. The minimum atomic E-state index is -1.02. The molecule has 34 heavy (non-hydrogen) atoms. The first-order chi connectivity index (χ1) is 15.9. The molecule has 7 heteroatoms. The second-order valence-electron chi connectivity index (χ2n) is 10.2. The molecule has 0 saturated carbocycles. The molecule has 0 aliphatic carbocycles. The Kier molecular flexibility index (Phi) is 7.56. The maximum Gasteiger partial charge on any atom is 0.325 e. The van der Waals surface area contributed by atoms with Crippen molar-refractivity contribution in [2.45, 2.75) is 64.5 Å². The number of hydrogen-bond acceptors (Lipinski definition) is 5. The van der Waals surface area contributed by atoms with E-state index in [1.54, 1.807) is 14.0 Å². The molecule has 1 fully saturated rings. The number of nitrogens with zero attached hydrogens (tertiary/aromatic N) is 1. The highest BCUT2D eigenvalue weighted by atomic mass is 16.5. The molecule has 0 bridgehead atoms. The Morgan fingerprint density at radius 2 is 1.79 bits per heavy atom. The standard InChI is InChI=1S/C27H36N2O5/c1-18-15-20(26(2,3)4)9-12-23(18)34-17-21(30)16-29-24(31)27(5,28-25(29)32)14-13-19-7-10-22(33-6)11-8-19/h7-12,15,21,30H,13-14,16-17H2,1-6H3,(H,28,32). The molecular weight excluding hydrogens is 432 g/mol. The van der Waals surface area contributed by atoms with Crippen molar-refractivity contribution >= 4 is 11.9 Å². The SMILES string of the molecule is COc1ccc(CCC2(C)NC(=O)N(CC(O)COc3ccc(C(C)(C)C)cc3C)C2=O)cc1. The van der Waals surface area contributed by atoms with Crippen molar-refractivity contribution in [1.29, 1.82) is 0 Å². The quantitative estimate of drug-likeness (QED) is 0.544. The molecule has 2 atom stereocenters. The van der Waals surface area contributed by atoms with Gasteiger partial charge in [-0.05, 0) is 67.0 Å². The average Bonchev–Trinajstić information content (AvgIpc) is 2.99. The highest BCUT2D eigenvalue weighted by Gasteiger charge is 2.47. The van der Waals surface area contributed by atoms with Gasteiger partial charge in [0.05, 0.1) is 13.7 Å². The number of aliphatic hydroxyl groups excluding tert-OH is 1. The summed E-state index contributed by atoms with van der Waals surface area (Å²) < 4.78 is 11.0. The van der Waals surface area contributed by atoms with Gasteiger partial charge >= 0.3 is 6.03 Å². The fourth-order valence-corrected chi connectivity index (χ4v) is 4.00. The molecule has 2 N–H and O–H groups in total. The van der Waals surface area contributed by atoms with Gasteiger partial charge in [-0.1, -0.05) is 45.0 Å². The van der Waals surface area contributed by atoms with Crippen molar-refractivity contribution in [3.63, 3.8) is 0 Å². The number of urea groups is 1. The van der Waals surface area contributed by atoms with Crippen LogP contribution in [-0.2, 0) is 16.6 Å². The number of amides is 3. The van der Waals surface area contributed by atoms with E-state index in [0.717, 1.165) is 21.8 Å². The van der Waals surface area contributed by atoms with Gasteiger partial charge in [0, 0.05) is 0 Å². The van der Waals surface area contributed by atoms with E-state index in [4.69, 9.17) is 9.47 Å². The zero-order valence-electron chi connectivity index (χ0n) is 21.0. The summed E-state index contributed by atoms with van der Waals surface area (Å²) in [4.78, 5) is 26.6. The van der Waals surface area contributed by atoms with Crippen LogP contribution in [0.2, 0.25) is 0 Å². The van der Waals surface area contributed by atoms with E-state index in [0.29, 0.717) is 18.6 Å². The van der Waals surface area contributed by atoms with Crippen LogP contribution in [0.25, 0.3) is 0 Å². The fraction of sp³-hybridized carbons (Fsp3) is 0.481. The van der Waals surface area contributed by atoms with Crippen molar-refractivity contribution in [2.75, 3.05) is 20.3 Å². The summed E-state index contributed by atoms with van der Waals surface area (Å²) in [6.07, 6.45) is 0.0719. The molecule has 2 aromatic rings. The van der Waals surface area contributed by atoms with Crippen LogP contribution in [0.1, 0.15) is 50.8 Å². The first-order valence-electron chi connectivity index (χ1n) is 11.6. The number of rotatable bonds is 9. The third-order valence-corrected chi connectivity index (χ3v) is 6.28. The van der Waals surface area contributed by atoms with Crippen LogP contribution in [0.3, 0.4) is 0 Å². The van der Waals surface area contributed by atoms with E-state index in [1.165, 1.54) is 5.56 Å². The highest BCUT2D eigenvalue weighted by molar-refractivity contribution is 6.06. The first-order valence-corrected chi connectivity index (χ1v) is 11.6. The van der Waals surface area contributed by atoms with Crippen LogP contribution in [0.15, 0.2) is 42.5 Å². The number of imide groups is 1. The summed E-state index contributed by atoms with van der Waals surface area (Å²) in [5.74, 6) is 1.10. The number of aliphatic hydroxyl groups is 1. The largest absolute Gasteiger partial charge is 0.497 e. The lowest BCUT2D eigenvalue weighted by molar-refractivity contribution is -0.132. The normalized spacial score (nSPS) is 19.2. The van der Waals surface area contributed by atoms with Gasteiger partial charge in [0.15, 0.2) is 0 Å². The lowest BCUT2D eigenvalue weighted by Crippen LogP contribution is -2.45. The first kappa shape index (κ1) is 25.6. The molecule has 184 valence electrons. The molecule has 1 saturated heterocycles. The van der Waals surface area contributed by atoms with Gasteiger partial charge in [0.25, 0.3) is 5.91 Å². The fourth-order valence-electron chi connectivity index (χ4n) is 4.00. The van der Waals surface area contributed by atoms with E-state index in [-0.39, 0.29) is 24.5 Å². The Morgan fingerprint density at radius 3 is 2.38 bits per heavy atom. The summed E-state index contributed by atoms with van der Waals surface area (Å²) >= 11 is 0. The topological polar surface area (TPSA) is 88.1 Å². The monoisotopic (exact) mass is 468 g/mol. The molecule has 3 rings (SSSR count). The Labute approximate surface area is 202 Å². The summed E-state index contributed by atoms with van der Waals surface area (Å²) in [5.41, 5.74) is 2.24. The number of nitrogens with one attached hydrogen (secondary N) is 1. The third-order valence-electron chi connectivity index (χ3n) is 6.28. The Hall–Kier alpha value is -3.06. The second-order valence-corrected chi connectivity index (χ2v) is 10.2. The molecule has 1 heterocycles. The number of carbonyl (C=O) groups is 2. The van der Waals surface area contributed by atoms with Crippen molar-refractivity contribution in [2.24, 2.45) is 0 Å². The van der Waals surface area contributed by atoms with Crippen molar-refractivity contribution in [3.8, 4) is 11.5 Å². The zero-order chi connectivity index (χ0) is 25.1.